The summed E-state index contributed by atoms with van der Waals surface area (Å²) in [6.45, 7) is 1.88. The summed E-state index contributed by atoms with van der Waals surface area (Å²) >= 11 is 0. The van der Waals surface area contributed by atoms with Gasteiger partial charge in [-0.2, -0.15) is 4.39 Å². The first-order valence-electron chi connectivity index (χ1n) is 5.90. The van der Waals surface area contributed by atoms with Gasteiger partial charge in [0, 0.05) is 19.6 Å². The fraction of sp³-hybridized carbons (Fsp3) is 0.500. The van der Waals surface area contributed by atoms with Gasteiger partial charge < -0.3 is 15.1 Å². The molecular formula is C12H17FN4O. The van der Waals surface area contributed by atoms with Crippen molar-refractivity contribution in [3.05, 3.63) is 24.3 Å². The Hall–Kier alpha value is -1.69. The summed E-state index contributed by atoms with van der Waals surface area (Å²) in [6.07, 6.45) is 2.28. The minimum Gasteiger partial charge on any atom is -0.323 e. The van der Waals surface area contributed by atoms with Gasteiger partial charge >= 0.3 is 6.03 Å². The van der Waals surface area contributed by atoms with E-state index >= 15 is 0 Å². The maximum atomic E-state index is 12.6. The number of carbonyl (C=O) groups is 1. The van der Waals surface area contributed by atoms with E-state index in [1.807, 2.05) is 7.05 Å². The van der Waals surface area contributed by atoms with Gasteiger partial charge in [-0.3, -0.25) is 0 Å². The number of nitrogens with one attached hydrogen (secondary N) is 1. The molecule has 0 aromatic carbocycles. The predicted molar refractivity (Wildman–Crippen MR) is 66.9 cm³/mol. The highest BCUT2D eigenvalue weighted by Crippen LogP contribution is 2.14. The fourth-order valence-electron chi connectivity index (χ4n) is 2.06. The standard InChI is InChI=1S/C12H17FN4O/c1-16-6-5-10(8-16)17(2)12(18)15-9-3-4-11(13)14-7-9/h3-4,7,10H,5-6,8H2,1-2H3,(H,15,18)/t10-/m1/s1. The highest BCUT2D eigenvalue weighted by molar-refractivity contribution is 5.89. The number of amides is 2. The van der Waals surface area contributed by atoms with E-state index in [1.165, 1.54) is 18.3 Å². The van der Waals surface area contributed by atoms with E-state index in [0.717, 1.165) is 19.5 Å². The monoisotopic (exact) mass is 252 g/mol. The predicted octanol–water partition coefficient (Wildman–Crippen LogP) is 1.39. The van der Waals surface area contributed by atoms with Gasteiger partial charge in [-0.05, 0) is 32.1 Å². The van der Waals surface area contributed by atoms with E-state index < -0.39 is 5.95 Å². The SMILES string of the molecule is CN1CC[C@@H](N(C)C(=O)Nc2ccc(F)nc2)C1. The molecule has 1 fully saturated rings. The molecule has 0 saturated carbocycles. The van der Waals surface area contributed by atoms with Crippen LogP contribution in [0, 0.1) is 5.95 Å². The number of hydrogen-bond donors (Lipinski definition) is 1. The molecule has 1 saturated heterocycles. The largest absolute Gasteiger partial charge is 0.323 e. The van der Waals surface area contributed by atoms with Crippen molar-refractivity contribution < 1.29 is 9.18 Å². The third kappa shape index (κ3) is 2.95. The lowest BCUT2D eigenvalue weighted by atomic mass is 10.2. The average molecular weight is 252 g/mol. The lowest BCUT2D eigenvalue weighted by Gasteiger charge is -2.24. The summed E-state index contributed by atoms with van der Waals surface area (Å²) in [5.41, 5.74) is 0.500. The Labute approximate surface area is 106 Å². The van der Waals surface area contributed by atoms with Gasteiger partial charge in [0.1, 0.15) is 0 Å². The number of rotatable bonds is 2. The van der Waals surface area contributed by atoms with Crippen molar-refractivity contribution in [3.8, 4) is 0 Å². The highest BCUT2D eigenvalue weighted by Gasteiger charge is 2.26. The molecule has 2 heterocycles. The van der Waals surface area contributed by atoms with Crippen LogP contribution in [0.5, 0.6) is 0 Å². The number of likely N-dealkylation sites (N-methyl/N-ethyl adjacent to an activating group) is 2. The van der Waals surface area contributed by atoms with Crippen molar-refractivity contribution in [3.63, 3.8) is 0 Å². The van der Waals surface area contributed by atoms with Crippen LogP contribution in [-0.4, -0.2) is 54.0 Å². The molecule has 1 N–H and O–H groups in total. The topological polar surface area (TPSA) is 48.5 Å². The van der Waals surface area contributed by atoms with Gasteiger partial charge in [0.2, 0.25) is 5.95 Å². The van der Waals surface area contributed by atoms with Crippen LogP contribution in [0.25, 0.3) is 0 Å². The van der Waals surface area contributed by atoms with Crippen molar-refractivity contribution in [2.45, 2.75) is 12.5 Å². The number of urea groups is 1. The van der Waals surface area contributed by atoms with Crippen molar-refractivity contribution in [1.29, 1.82) is 0 Å². The lowest BCUT2D eigenvalue weighted by Crippen LogP contribution is -2.41. The summed E-state index contributed by atoms with van der Waals surface area (Å²) in [6, 6.07) is 2.75. The number of likely N-dealkylation sites (tertiary alicyclic amines) is 1. The molecule has 1 aromatic rings. The molecular weight excluding hydrogens is 235 g/mol. The number of nitrogens with zero attached hydrogens (tertiary/aromatic N) is 3. The zero-order valence-electron chi connectivity index (χ0n) is 10.6. The van der Waals surface area contributed by atoms with Gasteiger partial charge in [-0.25, -0.2) is 9.78 Å². The molecule has 0 aliphatic carbocycles. The van der Waals surface area contributed by atoms with Crippen LogP contribution >= 0.6 is 0 Å². The van der Waals surface area contributed by atoms with Crippen LogP contribution in [0.2, 0.25) is 0 Å². The zero-order valence-corrected chi connectivity index (χ0v) is 10.6. The Morgan fingerprint density at radius 3 is 2.94 bits per heavy atom. The molecule has 0 bridgehead atoms. The molecule has 1 atom stereocenters. The molecule has 6 heteroatoms. The molecule has 0 spiro atoms. The quantitative estimate of drug-likeness (QED) is 0.809. The second-order valence-electron chi connectivity index (χ2n) is 4.62. The molecule has 0 unspecified atom stereocenters. The van der Waals surface area contributed by atoms with E-state index in [0.29, 0.717) is 5.69 Å². The molecule has 5 nitrogen and oxygen atoms in total. The van der Waals surface area contributed by atoms with Crippen LogP contribution in [-0.2, 0) is 0 Å². The minimum absolute atomic E-state index is 0.191. The van der Waals surface area contributed by atoms with Crippen molar-refractivity contribution >= 4 is 11.7 Å². The van der Waals surface area contributed by atoms with E-state index in [9.17, 15) is 9.18 Å². The van der Waals surface area contributed by atoms with Gasteiger partial charge in [-0.1, -0.05) is 0 Å². The summed E-state index contributed by atoms with van der Waals surface area (Å²) in [5.74, 6) is -0.557. The minimum atomic E-state index is -0.557. The Morgan fingerprint density at radius 2 is 2.39 bits per heavy atom. The van der Waals surface area contributed by atoms with Crippen molar-refractivity contribution in [2.75, 3.05) is 32.5 Å². The second-order valence-corrected chi connectivity index (χ2v) is 4.62. The fourth-order valence-corrected chi connectivity index (χ4v) is 2.06. The number of aromatic nitrogens is 1. The van der Waals surface area contributed by atoms with Gasteiger partial charge in [0.25, 0.3) is 0 Å². The maximum Gasteiger partial charge on any atom is 0.321 e. The highest BCUT2D eigenvalue weighted by atomic mass is 19.1. The summed E-state index contributed by atoms with van der Waals surface area (Å²) in [4.78, 5) is 19.3. The van der Waals surface area contributed by atoms with E-state index in [1.54, 1.807) is 11.9 Å². The third-order valence-electron chi connectivity index (χ3n) is 3.21. The van der Waals surface area contributed by atoms with Gasteiger partial charge in [-0.15, -0.1) is 0 Å². The molecule has 1 aliphatic rings. The van der Waals surface area contributed by atoms with E-state index in [2.05, 4.69) is 15.2 Å². The molecule has 1 aromatic heterocycles. The van der Waals surface area contributed by atoms with Crippen LogP contribution in [0.4, 0.5) is 14.9 Å². The first-order valence-corrected chi connectivity index (χ1v) is 5.90. The van der Waals surface area contributed by atoms with Crippen molar-refractivity contribution in [2.24, 2.45) is 0 Å². The number of halogens is 1. The van der Waals surface area contributed by atoms with Crippen LogP contribution < -0.4 is 5.32 Å². The van der Waals surface area contributed by atoms with Gasteiger partial charge in [0.15, 0.2) is 0 Å². The molecule has 2 amide bonds. The molecule has 18 heavy (non-hydrogen) atoms. The number of carbonyl (C=O) groups excluding carboxylic acids is 1. The Kier molecular flexibility index (Phi) is 3.76. The van der Waals surface area contributed by atoms with E-state index in [-0.39, 0.29) is 12.1 Å². The molecule has 98 valence electrons. The second kappa shape index (κ2) is 5.30. The first kappa shape index (κ1) is 12.8. The van der Waals surface area contributed by atoms with Crippen molar-refractivity contribution in [1.82, 2.24) is 14.8 Å². The number of pyridine rings is 1. The normalized spacial score (nSPS) is 19.8. The van der Waals surface area contributed by atoms with Crippen LogP contribution in [0.15, 0.2) is 18.3 Å². The van der Waals surface area contributed by atoms with Crippen LogP contribution in [0.3, 0.4) is 0 Å². The van der Waals surface area contributed by atoms with Crippen LogP contribution in [0.1, 0.15) is 6.42 Å². The average Bonchev–Trinajstić information content (AvgIpc) is 2.78. The first-order chi connectivity index (χ1) is 8.56. The number of hydrogen-bond acceptors (Lipinski definition) is 3. The Balaban J connectivity index is 1.93. The Morgan fingerprint density at radius 1 is 1.61 bits per heavy atom. The summed E-state index contributed by atoms with van der Waals surface area (Å²) in [5, 5.41) is 2.70. The molecule has 0 radical (unpaired) electrons. The molecule has 1 aliphatic heterocycles. The lowest BCUT2D eigenvalue weighted by molar-refractivity contribution is 0.204. The zero-order chi connectivity index (χ0) is 13.1. The van der Waals surface area contributed by atoms with E-state index in [4.69, 9.17) is 0 Å². The smallest absolute Gasteiger partial charge is 0.321 e. The van der Waals surface area contributed by atoms with Gasteiger partial charge in [0.05, 0.1) is 11.9 Å². The summed E-state index contributed by atoms with van der Waals surface area (Å²) in [7, 11) is 3.81. The maximum absolute atomic E-state index is 12.6. The molecule has 2 rings (SSSR count). The Bertz CT molecular complexity index is 423. The summed E-state index contributed by atoms with van der Waals surface area (Å²) < 4.78 is 12.6. The third-order valence-corrected chi connectivity index (χ3v) is 3.21. The number of anilines is 1.